The van der Waals surface area contributed by atoms with E-state index in [0.29, 0.717) is 0 Å². The fraction of sp³-hybridized carbons (Fsp3) is 0.300. The Balaban J connectivity index is 0. The number of aliphatic carboxylic acids is 3. The molecule has 0 rings (SSSR count). The maximum atomic E-state index is 9.77. The van der Waals surface area contributed by atoms with Gasteiger partial charge in [-0.25, -0.2) is 14.4 Å². The molecule has 2 unspecified atom stereocenters. The standard InChI is InChI=1S/C6H8O2.C4H6O6/c1-2-3-4-5-6(7)8;5-1(3(7)8)2(6)4(9)10/h2-5H,1H3,(H,7,8);1-2,5-6H,(H,7,8)(H,9,10)/b3-2+,5-4+;. The monoisotopic (exact) mass is 262 g/mol. The van der Waals surface area contributed by atoms with Crippen LogP contribution in [0, 0.1) is 0 Å². The summed E-state index contributed by atoms with van der Waals surface area (Å²) in [6, 6.07) is 0. The third kappa shape index (κ3) is 10.3. The molecular formula is C10H14O8. The second kappa shape index (κ2) is 10.00. The van der Waals surface area contributed by atoms with E-state index in [-0.39, 0.29) is 0 Å². The van der Waals surface area contributed by atoms with Crippen molar-refractivity contribution in [2.75, 3.05) is 0 Å². The van der Waals surface area contributed by atoms with E-state index < -0.39 is 30.1 Å². The molecule has 0 spiro atoms. The summed E-state index contributed by atoms with van der Waals surface area (Å²) in [4.78, 5) is 29.3. The number of carboxylic acid groups (broad SMARTS) is 3. The first-order chi connectivity index (χ1) is 8.23. The molecule has 8 heteroatoms. The molecule has 0 saturated heterocycles. The lowest BCUT2D eigenvalue weighted by molar-refractivity contribution is -0.165. The third-order valence-electron chi connectivity index (χ3n) is 1.35. The number of aliphatic hydroxyl groups excluding tert-OH is 2. The van der Waals surface area contributed by atoms with Crippen molar-refractivity contribution in [1.29, 1.82) is 0 Å². The van der Waals surface area contributed by atoms with Gasteiger partial charge in [0, 0.05) is 6.08 Å². The fourth-order valence-corrected chi connectivity index (χ4v) is 0.519. The lowest BCUT2D eigenvalue weighted by Crippen LogP contribution is -2.39. The molecule has 0 aliphatic heterocycles. The molecule has 0 saturated carbocycles. The van der Waals surface area contributed by atoms with Crippen LogP contribution in [0.5, 0.6) is 0 Å². The van der Waals surface area contributed by atoms with E-state index in [0.717, 1.165) is 6.08 Å². The number of carboxylic acids is 3. The highest BCUT2D eigenvalue weighted by atomic mass is 16.4. The zero-order chi connectivity index (χ0) is 14.7. The second-order valence-corrected chi connectivity index (χ2v) is 2.79. The SMILES string of the molecule is C/C=C/C=C/C(=O)O.O=C(O)C(O)C(O)C(=O)O. The van der Waals surface area contributed by atoms with Gasteiger partial charge in [-0.3, -0.25) is 0 Å². The van der Waals surface area contributed by atoms with Crippen LogP contribution in [0.15, 0.2) is 24.3 Å². The van der Waals surface area contributed by atoms with Gasteiger partial charge < -0.3 is 25.5 Å². The largest absolute Gasteiger partial charge is 0.479 e. The van der Waals surface area contributed by atoms with Crippen molar-refractivity contribution in [1.82, 2.24) is 0 Å². The Labute approximate surface area is 102 Å². The minimum absolute atomic E-state index is 0.914. The molecule has 0 aliphatic rings. The minimum atomic E-state index is -2.27. The molecule has 0 heterocycles. The quantitative estimate of drug-likeness (QED) is 0.315. The predicted molar refractivity (Wildman–Crippen MR) is 58.9 cm³/mol. The number of allylic oxidation sites excluding steroid dienone is 3. The molecule has 0 amide bonds. The van der Waals surface area contributed by atoms with E-state index in [1.54, 1.807) is 12.2 Å². The van der Waals surface area contributed by atoms with Gasteiger partial charge in [0.2, 0.25) is 0 Å². The van der Waals surface area contributed by atoms with Crippen molar-refractivity contribution in [3.63, 3.8) is 0 Å². The van der Waals surface area contributed by atoms with Crippen LogP contribution in [0.1, 0.15) is 6.92 Å². The van der Waals surface area contributed by atoms with Gasteiger partial charge in [-0.05, 0) is 6.92 Å². The van der Waals surface area contributed by atoms with Crippen molar-refractivity contribution in [2.45, 2.75) is 19.1 Å². The number of rotatable bonds is 5. The molecule has 0 bridgehead atoms. The summed E-state index contributed by atoms with van der Waals surface area (Å²) in [7, 11) is 0. The topological polar surface area (TPSA) is 152 Å². The summed E-state index contributed by atoms with van der Waals surface area (Å²) >= 11 is 0. The van der Waals surface area contributed by atoms with Gasteiger partial charge in [0.15, 0.2) is 12.2 Å². The highest BCUT2D eigenvalue weighted by Gasteiger charge is 2.29. The molecule has 0 aromatic carbocycles. The Morgan fingerprint density at radius 3 is 1.50 bits per heavy atom. The van der Waals surface area contributed by atoms with Gasteiger partial charge in [-0.1, -0.05) is 18.2 Å². The van der Waals surface area contributed by atoms with E-state index in [9.17, 15) is 14.4 Å². The number of hydrogen-bond donors (Lipinski definition) is 5. The Morgan fingerprint density at radius 1 is 0.889 bits per heavy atom. The maximum Gasteiger partial charge on any atom is 0.335 e. The zero-order valence-corrected chi connectivity index (χ0v) is 9.42. The molecule has 8 nitrogen and oxygen atoms in total. The van der Waals surface area contributed by atoms with Crippen LogP contribution < -0.4 is 0 Å². The van der Waals surface area contributed by atoms with E-state index >= 15 is 0 Å². The molecule has 0 radical (unpaired) electrons. The van der Waals surface area contributed by atoms with Gasteiger partial charge in [-0.2, -0.15) is 0 Å². The van der Waals surface area contributed by atoms with Crippen molar-refractivity contribution in [3.05, 3.63) is 24.3 Å². The second-order valence-electron chi connectivity index (χ2n) is 2.79. The first kappa shape index (κ1) is 18.2. The summed E-state index contributed by atoms with van der Waals surface area (Å²) in [5.74, 6) is -4.45. The van der Waals surface area contributed by atoms with E-state index in [1.165, 1.54) is 6.08 Å². The van der Waals surface area contributed by atoms with E-state index in [1.807, 2.05) is 6.92 Å². The van der Waals surface area contributed by atoms with Gasteiger partial charge >= 0.3 is 17.9 Å². The van der Waals surface area contributed by atoms with E-state index in [2.05, 4.69) is 0 Å². The van der Waals surface area contributed by atoms with Crippen molar-refractivity contribution in [2.24, 2.45) is 0 Å². The maximum absolute atomic E-state index is 9.77. The first-order valence-electron chi connectivity index (χ1n) is 4.58. The average molecular weight is 262 g/mol. The Kier molecular flexibility index (Phi) is 10.1. The Morgan fingerprint density at radius 2 is 1.28 bits per heavy atom. The summed E-state index contributed by atoms with van der Waals surface area (Å²) < 4.78 is 0. The van der Waals surface area contributed by atoms with Gasteiger partial charge in [-0.15, -0.1) is 0 Å². The van der Waals surface area contributed by atoms with Crippen molar-refractivity contribution in [3.8, 4) is 0 Å². The predicted octanol–water partition coefficient (Wildman–Crippen LogP) is -0.919. The van der Waals surface area contributed by atoms with Gasteiger partial charge in [0.05, 0.1) is 0 Å². The zero-order valence-electron chi connectivity index (χ0n) is 9.42. The van der Waals surface area contributed by atoms with Crippen LogP contribution in [-0.4, -0.2) is 55.6 Å². The van der Waals surface area contributed by atoms with Crippen LogP contribution in [0.25, 0.3) is 0 Å². The third-order valence-corrected chi connectivity index (χ3v) is 1.35. The lowest BCUT2D eigenvalue weighted by Gasteiger charge is -2.07. The van der Waals surface area contributed by atoms with Crippen LogP contribution in [0.4, 0.5) is 0 Å². The smallest absolute Gasteiger partial charge is 0.335 e. The number of hydrogen-bond acceptors (Lipinski definition) is 5. The number of aliphatic hydroxyl groups is 2. The van der Waals surface area contributed by atoms with Crippen molar-refractivity contribution < 1.29 is 39.9 Å². The normalized spacial score (nSPS) is 13.7. The van der Waals surface area contributed by atoms with Crippen LogP contribution in [0.2, 0.25) is 0 Å². The summed E-state index contributed by atoms with van der Waals surface area (Å²) in [6.45, 7) is 1.83. The van der Waals surface area contributed by atoms with Crippen LogP contribution >= 0.6 is 0 Å². The minimum Gasteiger partial charge on any atom is -0.479 e. The Hall–Kier alpha value is -2.19. The molecule has 0 fully saturated rings. The molecule has 5 N–H and O–H groups in total. The van der Waals surface area contributed by atoms with Gasteiger partial charge in [0.1, 0.15) is 0 Å². The van der Waals surface area contributed by atoms with Crippen molar-refractivity contribution >= 4 is 17.9 Å². The van der Waals surface area contributed by atoms with Gasteiger partial charge in [0.25, 0.3) is 0 Å². The number of carbonyl (C=O) groups is 3. The molecule has 2 atom stereocenters. The summed E-state index contributed by atoms with van der Waals surface area (Å²) in [5, 5.41) is 40.5. The van der Waals surface area contributed by atoms with Crippen LogP contribution in [-0.2, 0) is 14.4 Å². The molecular weight excluding hydrogens is 248 g/mol. The summed E-state index contributed by atoms with van der Waals surface area (Å²) in [5.41, 5.74) is 0. The molecule has 102 valence electrons. The Bertz CT molecular complexity index is 326. The highest BCUT2D eigenvalue weighted by Crippen LogP contribution is 1.92. The molecule has 0 aromatic heterocycles. The fourth-order valence-electron chi connectivity index (χ4n) is 0.519. The lowest BCUT2D eigenvalue weighted by atomic mass is 10.2. The van der Waals surface area contributed by atoms with Crippen LogP contribution in [0.3, 0.4) is 0 Å². The molecule has 18 heavy (non-hydrogen) atoms. The highest BCUT2D eigenvalue weighted by molar-refractivity contribution is 5.83. The first-order valence-corrected chi connectivity index (χ1v) is 4.58. The molecule has 0 aromatic rings. The van der Waals surface area contributed by atoms with E-state index in [4.69, 9.17) is 25.5 Å². The average Bonchev–Trinajstić information content (AvgIpc) is 2.27. The summed E-state index contributed by atoms with van der Waals surface area (Å²) in [6.07, 6.45) is 1.45. The molecule has 0 aliphatic carbocycles.